The van der Waals surface area contributed by atoms with Crippen LogP contribution in [0.25, 0.3) is 0 Å². The summed E-state index contributed by atoms with van der Waals surface area (Å²) in [5.74, 6) is 0.220. The molecular formula is C10H18NO. The highest BCUT2D eigenvalue weighted by Gasteiger charge is 2.14. The van der Waals surface area contributed by atoms with Crippen molar-refractivity contribution in [2.75, 3.05) is 0 Å². The van der Waals surface area contributed by atoms with Gasteiger partial charge in [-0.2, -0.15) is 0 Å². The molecule has 1 atom stereocenters. The molecule has 0 bridgehead atoms. The van der Waals surface area contributed by atoms with Gasteiger partial charge in [-0.3, -0.25) is 4.79 Å². The van der Waals surface area contributed by atoms with Crippen LogP contribution in [0.2, 0.25) is 0 Å². The predicted octanol–water partition coefficient (Wildman–Crippen LogP) is 2.05. The molecule has 2 heteroatoms. The summed E-state index contributed by atoms with van der Waals surface area (Å²) >= 11 is 0. The lowest BCUT2D eigenvalue weighted by Gasteiger charge is -2.22. The van der Waals surface area contributed by atoms with Crippen LogP contribution in [0, 0.1) is 6.42 Å². The molecule has 0 spiro atoms. The van der Waals surface area contributed by atoms with Gasteiger partial charge in [-0.1, -0.05) is 19.8 Å². The third-order valence-electron chi connectivity index (χ3n) is 2.25. The zero-order chi connectivity index (χ0) is 8.81. The lowest BCUT2D eigenvalue weighted by Crippen LogP contribution is -2.36. The maximum Gasteiger partial charge on any atom is 0.220 e. The Morgan fingerprint density at radius 2 is 2.50 bits per heavy atom. The van der Waals surface area contributed by atoms with E-state index in [1.807, 2.05) is 6.92 Å². The minimum Gasteiger partial charge on any atom is -0.353 e. The largest absolute Gasteiger partial charge is 0.353 e. The first-order valence-corrected chi connectivity index (χ1v) is 4.94. The van der Waals surface area contributed by atoms with Crippen molar-refractivity contribution >= 4 is 5.91 Å². The van der Waals surface area contributed by atoms with Gasteiger partial charge in [0.05, 0.1) is 0 Å². The van der Waals surface area contributed by atoms with Gasteiger partial charge in [0, 0.05) is 12.5 Å². The number of hydrogen-bond donors (Lipinski definition) is 1. The standard InChI is InChI=1S/C10H18NO/c1-2-6-10(12)11-9-7-4-3-5-8-9/h4,9H,2-3,5-8H2,1H3,(H,11,12). The Hall–Kier alpha value is -0.530. The van der Waals surface area contributed by atoms with Crippen LogP contribution in [0.1, 0.15) is 45.4 Å². The van der Waals surface area contributed by atoms with Crippen LogP contribution in [-0.2, 0) is 4.79 Å². The molecule has 1 unspecified atom stereocenters. The van der Waals surface area contributed by atoms with Crippen LogP contribution in [0.5, 0.6) is 0 Å². The van der Waals surface area contributed by atoms with Crippen LogP contribution in [-0.4, -0.2) is 11.9 Å². The van der Waals surface area contributed by atoms with Crippen LogP contribution < -0.4 is 5.32 Å². The van der Waals surface area contributed by atoms with E-state index in [-0.39, 0.29) is 5.91 Å². The molecule has 1 radical (unpaired) electrons. The van der Waals surface area contributed by atoms with Crippen LogP contribution in [0.4, 0.5) is 0 Å². The van der Waals surface area contributed by atoms with Gasteiger partial charge >= 0.3 is 0 Å². The fourth-order valence-electron chi connectivity index (χ4n) is 1.60. The van der Waals surface area contributed by atoms with Gasteiger partial charge in [0.15, 0.2) is 0 Å². The van der Waals surface area contributed by atoms with Crippen LogP contribution in [0.15, 0.2) is 0 Å². The number of nitrogens with one attached hydrogen (secondary N) is 1. The first kappa shape index (κ1) is 9.56. The molecular weight excluding hydrogens is 150 g/mol. The Labute approximate surface area is 74.7 Å². The smallest absolute Gasteiger partial charge is 0.220 e. The summed E-state index contributed by atoms with van der Waals surface area (Å²) in [6.07, 6.45) is 8.58. The van der Waals surface area contributed by atoms with E-state index in [1.165, 1.54) is 12.8 Å². The number of hydrogen-bond acceptors (Lipinski definition) is 1. The normalized spacial score (nSPS) is 19.1. The molecule has 1 N–H and O–H groups in total. The number of amides is 1. The summed E-state index contributed by atoms with van der Waals surface area (Å²) in [4.78, 5) is 11.2. The minimum absolute atomic E-state index is 0.220. The third kappa shape index (κ3) is 3.24. The quantitative estimate of drug-likeness (QED) is 0.686. The summed E-state index contributed by atoms with van der Waals surface area (Å²) in [7, 11) is 0. The molecule has 69 valence electrons. The van der Waals surface area contributed by atoms with E-state index in [9.17, 15) is 4.79 Å². The van der Waals surface area contributed by atoms with E-state index in [4.69, 9.17) is 0 Å². The van der Waals surface area contributed by atoms with Gasteiger partial charge in [-0.15, -0.1) is 0 Å². The van der Waals surface area contributed by atoms with E-state index in [0.29, 0.717) is 12.5 Å². The van der Waals surface area contributed by atoms with Crippen molar-refractivity contribution in [2.24, 2.45) is 0 Å². The van der Waals surface area contributed by atoms with Crippen molar-refractivity contribution in [1.82, 2.24) is 5.32 Å². The van der Waals surface area contributed by atoms with E-state index in [1.54, 1.807) is 0 Å². The molecule has 1 saturated carbocycles. The zero-order valence-corrected chi connectivity index (χ0v) is 7.81. The Morgan fingerprint density at radius 3 is 3.08 bits per heavy atom. The van der Waals surface area contributed by atoms with Crippen LogP contribution >= 0.6 is 0 Å². The van der Waals surface area contributed by atoms with Crippen molar-refractivity contribution in [3.8, 4) is 0 Å². The first-order valence-electron chi connectivity index (χ1n) is 4.94. The second-order valence-corrected chi connectivity index (χ2v) is 3.47. The summed E-state index contributed by atoms with van der Waals surface area (Å²) in [5.41, 5.74) is 0. The van der Waals surface area contributed by atoms with Gasteiger partial charge in [-0.25, -0.2) is 0 Å². The predicted molar refractivity (Wildman–Crippen MR) is 49.6 cm³/mol. The maximum atomic E-state index is 11.2. The zero-order valence-electron chi connectivity index (χ0n) is 7.81. The first-order chi connectivity index (χ1) is 5.83. The second kappa shape index (κ2) is 5.18. The average molecular weight is 168 g/mol. The fourth-order valence-corrected chi connectivity index (χ4v) is 1.60. The number of carbonyl (C=O) groups excluding carboxylic acids is 1. The van der Waals surface area contributed by atoms with E-state index in [0.717, 1.165) is 19.3 Å². The molecule has 0 aromatic rings. The Morgan fingerprint density at radius 1 is 1.67 bits per heavy atom. The van der Waals surface area contributed by atoms with E-state index < -0.39 is 0 Å². The van der Waals surface area contributed by atoms with Crippen molar-refractivity contribution in [1.29, 1.82) is 0 Å². The van der Waals surface area contributed by atoms with Gasteiger partial charge in [0.25, 0.3) is 0 Å². The molecule has 12 heavy (non-hydrogen) atoms. The molecule has 1 fully saturated rings. The Bertz CT molecular complexity index is 139. The van der Waals surface area contributed by atoms with Crippen LogP contribution in [0.3, 0.4) is 0 Å². The second-order valence-electron chi connectivity index (χ2n) is 3.47. The SMILES string of the molecule is CCCC(=O)NC1C[CH]CCC1. The molecule has 0 aliphatic heterocycles. The summed E-state index contributed by atoms with van der Waals surface area (Å²) in [6, 6.07) is 0.429. The van der Waals surface area contributed by atoms with Gasteiger partial charge < -0.3 is 5.32 Å². The van der Waals surface area contributed by atoms with E-state index >= 15 is 0 Å². The summed E-state index contributed by atoms with van der Waals surface area (Å²) in [5, 5.41) is 3.05. The number of carbonyl (C=O) groups is 1. The molecule has 0 saturated heterocycles. The minimum atomic E-state index is 0.220. The highest BCUT2D eigenvalue weighted by molar-refractivity contribution is 5.76. The van der Waals surface area contributed by atoms with Gasteiger partial charge in [-0.05, 0) is 25.7 Å². The molecule has 1 rings (SSSR count). The molecule has 0 aromatic heterocycles. The summed E-state index contributed by atoms with van der Waals surface area (Å²) in [6.45, 7) is 2.03. The monoisotopic (exact) mass is 168 g/mol. The molecule has 1 aliphatic rings. The maximum absolute atomic E-state index is 11.2. The molecule has 0 heterocycles. The topological polar surface area (TPSA) is 29.1 Å². The average Bonchev–Trinajstić information content (AvgIpc) is 2.06. The highest BCUT2D eigenvalue weighted by atomic mass is 16.1. The third-order valence-corrected chi connectivity index (χ3v) is 2.25. The number of rotatable bonds is 3. The lowest BCUT2D eigenvalue weighted by atomic mass is 9.95. The molecule has 0 aromatic carbocycles. The Balaban J connectivity index is 2.15. The van der Waals surface area contributed by atoms with Crippen molar-refractivity contribution in [3.63, 3.8) is 0 Å². The van der Waals surface area contributed by atoms with Crippen molar-refractivity contribution < 1.29 is 4.79 Å². The van der Waals surface area contributed by atoms with Gasteiger partial charge in [0.1, 0.15) is 0 Å². The Kier molecular flexibility index (Phi) is 4.12. The summed E-state index contributed by atoms with van der Waals surface area (Å²) < 4.78 is 0. The fraction of sp³-hybridized carbons (Fsp3) is 0.800. The van der Waals surface area contributed by atoms with Crippen molar-refractivity contribution in [2.45, 2.75) is 51.5 Å². The molecule has 1 aliphatic carbocycles. The molecule has 1 amide bonds. The lowest BCUT2D eigenvalue weighted by molar-refractivity contribution is -0.121. The van der Waals surface area contributed by atoms with Crippen molar-refractivity contribution in [3.05, 3.63) is 6.42 Å². The highest BCUT2D eigenvalue weighted by Crippen LogP contribution is 2.16. The van der Waals surface area contributed by atoms with E-state index in [2.05, 4.69) is 11.7 Å². The van der Waals surface area contributed by atoms with Gasteiger partial charge in [0.2, 0.25) is 5.91 Å². The molecule has 2 nitrogen and oxygen atoms in total.